The first-order valence-electron chi connectivity index (χ1n) is 6.49. The molecule has 0 heterocycles. The van der Waals surface area contributed by atoms with E-state index in [1.807, 2.05) is 39.5 Å². The van der Waals surface area contributed by atoms with Gasteiger partial charge >= 0.3 is 5.97 Å². The Morgan fingerprint density at radius 1 is 1.41 bits per heavy atom. The Morgan fingerprint density at radius 3 is 2.53 bits per heavy atom. The summed E-state index contributed by atoms with van der Waals surface area (Å²) in [7, 11) is 0. The third-order valence-electron chi connectivity index (χ3n) is 2.37. The Kier molecular flexibility index (Phi) is 8.70. The molecular weight excluding hydrogens is 234 g/mol. The summed E-state index contributed by atoms with van der Waals surface area (Å²) in [5, 5.41) is 3.32. The molecule has 0 spiro atoms. The van der Waals surface area contributed by atoms with Crippen LogP contribution in [0.4, 0.5) is 0 Å². The number of carbonyl (C=O) groups excluding carboxylic acids is 1. The van der Waals surface area contributed by atoms with E-state index < -0.39 is 5.54 Å². The van der Waals surface area contributed by atoms with Crippen LogP contribution in [-0.4, -0.2) is 35.7 Å². The normalized spacial score (nSPS) is 14.7. The van der Waals surface area contributed by atoms with Gasteiger partial charge in [-0.25, -0.2) is 0 Å². The van der Waals surface area contributed by atoms with E-state index >= 15 is 0 Å². The van der Waals surface area contributed by atoms with E-state index in [0.717, 1.165) is 11.5 Å². The zero-order valence-electron chi connectivity index (χ0n) is 11.8. The van der Waals surface area contributed by atoms with Gasteiger partial charge in [-0.1, -0.05) is 13.3 Å². The minimum atomic E-state index is -0.567. The van der Waals surface area contributed by atoms with Gasteiger partial charge in [0.25, 0.3) is 0 Å². The minimum absolute atomic E-state index is 0.141. The van der Waals surface area contributed by atoms with Crippen molar-refractivity contribution >= 4 is 17.7 Å². The molecule has 0 aromatic rings. The van der Waals surface area contributed by atoms with Gasteiger partial charge in [0.2, 0.25) is 0 Å². The van der Waals surface area contributed by atoms with Crippen molar-refractivity contribution in [1.29, 1.82) is 0 Å². The van der Waals surface area contributed by atoms with Gasteiger partial charge in [0.1, 0.15) is 5.54 Å². The van der Waals surface area contributed by atoms with Gasteiger partial charge in [-0.2, -0.15) is 11.8 Å². The topological polar surface area (TPSA) is 38.3 Å². The highest BCUT2D eigenvalue weighted by atomic mass is 32.2. The van der Waals surface area contributed by atoms with Crippen molar-refractivity contribution in [2.24, 2.45) is 0 Å². The summed E-state index contributed by atoms with van der Waals surface area (Å²) in [5.74, 6) is 1.73. The van der Waals surface area contributed by atoms with E-state index in [1.165, 1.54) is 12.8 Å². The van der Waals surface area contributed by atoms with Gasteiger partial charge in [-0.15, -0.1) is 0 Å². The van der Waals surface area contributed by atoms with E-state index in [2.05, 4.69) is 12.2 Å². The standard InChI is InChI=1S/C13H27NO2S/c1-6-8-9-17-10-13(5,14-11(3)4)12(15)16-7-2/h11,14H,6-10H2,1-5H3. The Labute approximate surface area is 110 Å². The summed E-state index contributed by atoms with van der Waals surface area (Å²) in [6.45, 7) is 10.5. The van der Waals surface area contributed by atoms with Gasteiger partial charge in [0.15, 0.2) is 0 Å². The van der Waals surface area contributed by atoms with E-state index in [1.54, 1.807) is 0 Å². The van der Waals surface area contributed by atoms with Crippen LogP contribution in [0.3, 0.4) is 0 Å². The predicted octanol–water partition coefficient (Wildman–Crippen LogP) is 2.84. The summed E-state index contributed by atoms with van der Waals surface area (Å²) < 4.78 is 5.15. The van der Waals surface area contributed by atoms with Gasteiger partial charge < -0.3 is 4.74 Å². The number of ether oxygens (including phenoxy) is 1. The first-order chi connectivity index (χ1) is 7.96. The largest absolute Gasteiger partial charge is 0.465 e. The fourth-order valence-corrected chi connectivity index (χ4v) is 2.86. The summed E-state index contributed by atoms with van der Waals surface area (Å²) in [5.41, 5.74) is -0.567. The van der Waals surface area contributed by atoms with Crippen molar-refractivity contribution in [1.82, 2.24) is 5.32 Å². The molecule has 0 aliphatic heterocycles. The number of carbonyl (C=O) groups is 1. The lowest BCUT2D eigenvalue weighted by molar-refractivity contribution is -0.149. The van der Waals surface area contributed by atoms with Crippen molar-refractivity contribution in [2.75, 3.05) is 18.1 Å². The molecule has 0 aromatic carbocycles. The first-order valence-corrected chi connectivity index (χ1v) is 7.64. The highest BCUT2D eigenvalue weighted by molar-refractivity contribution is 7.99. The van der Waals surface area contributed by atoms with E-state index in [9.17, 15) is 4.79 Å². The maximum Gasteiger partial charge on any atom is 0.326 e. The fraction of sp³-hybridized carbons (Fsp3) is 0.923. The molecule has 0 amide bonds. The average Bonchev–Trinajstić information content (AvgIpc) is 2.24. The molecule has 0 rings (SSSR count). The zero-order chi connectivity index (χ0) is 13.3. The van der Waals surface area contributed by atoms with Crippen LogP contribution in [0.15, 0.2) is 0 Å². The average molecular weight is 261 g/mol. The van der Waals surface area contributed by atoms with Crippen LogP contribution in [0.1, 0.15) is 47.5 Å². The SMILES string of the molecule is CCCCSCC(C)(NC(C)C)C(=O)OCC. The second-order valence-corrected chi connectivity index (χ2v) is 5.86. The van der Waals surface area contributed by atoms with Crippen LogP contribution < -0.4 is 5.32 Å². The molecule has 0 radical (unpaired) electrons. The number of rotatable bonds is 9. The molecule has 1 atom stereocenters. The predicted molar refractivity (Wildman–Crippen MR) is 75.5 cm³/mol. The summed E-state index contributed by atoms with van der Waals surface area (Å²) in [4.78, 5) is 12.0. The number of thioether (sulfide) groups is 1. The van der Waals surface area contributed by atoms with E-state index in [0.29, 0.717) is 6.61 Å². The van der Waals surface area contributed by atoms with Gasteiger partial charge in [0, 0.05) is 11.8 Å². The number of nitrogens with one attached hydrogen (secondary N) is 1. The molecular formula is C13H27NO2S. The van der Waals surface area contributed by atoms with Crippen molar-refractivity contribution in [3.63, 3.8) is 0 Å². The molecule has 0 fully saturated rings. The maximum atomic E-state index is 12.0. The Balaban J connectivity index is 4.33. The summed E-state index contributed by atoms with van der Waals surface area (Å²) in [6.07, 6.45) is 2.39. The maximum absolute atomic E-state index is 12.0. The Morgan fingerprint density at radius 2 is 2.06 bits per heavy atom. The lowest BCUT2D eigenvalue weighted by Gasteiger charge is -2.30. The summed E-state index contributed by atoms with van der Waals surface area (Å²) >= 11 is 1.82. The molecule has 0 aromatic heterocycles. The number of hydrogen-bond acceptors (Lipinski definition) is 4. The van der Waals surface area contributed by atoms with Crippen LogP contribution >= 0.6 is 11.8 Å². The fourth-order valence-electron chi connectivity index (χ4n) is 1.61. The highest BCUT2D eigenvalue weighted by Crippen LogP contribution is 2.17. The van der Waals surface area contributed by atoms with Crippen LogP contribution in [-0.2, 0) is 9.53 Å². The van der Waals surface area contributed by atoms with Crippen LogP contribution in [0, 0.1) is 0 Å². The van der Waals surface area contributed by atoms with Gasteiger partial charge in [-0.05, 0) is 39.9 Å². The zero-order valence-corrected chi connectivity index (χ0v) is 12.7. The third kappa shape index (κ3) is 6.94. The first kappa shape index (κ1) is 16.8. The molecule has 1 N–H and O–H groups in total. The smallest absolute Gasteiger partial charge is 0.326 e. The molecule has 1 unspecified atom stereocenters. The van der Waals surface area contributed by atoms with E-state index in [-0.39, 0.29) is 12.0 Å². The van der Waals surface area contributed by atoms with Crippen molar-refractivity contribution < 1.29 is 9.53 Å². The molecule has 0 aliphatic carbocycles. The highest BCUT2D eigenvalue weighted by Gasteiger charge is 2.34. The van der Waals surface area contributed by atoms with Gasteiger partial charge in [-0.3, -0.25) is 10.1 Å². The van der Waals surface area contributed by atoms with E-state index in [4.69, 9.17) is 4.74 Å². The second kappa shape index (κ2) is 8.81. The third-order valence-corrected chi connectivity index (χ3v) is 3.72. The van der Waals surface area contributed by atoms with Crippen molar-refractivity contribution in [3.05, 3.63) is 0 Å². The Hall–Kier alpha value is -0.220. The van der Waals surface area contributed by atoms with Crippen molar-refractivity contribution in [3.8, 4) is 0 Å². The number of unbranched alkanes of at least 4 members (excludes halogenated alkanes) is 1. The number of hydrogen-bond donors (Lipinski definition) is 1. The molecule has 102 valence electrons. The van der Waals surface area contributed by atoms with Crippen LogP contribution in [0.5, 0.6) is 0 Å². The van der Waals surface area contributed by atoms with Crippen molar-refractivity contribution in [2.45, 2.75) is 59.0 Å². The lowest BCUT2D eigenvalue weighted by Crippen LogP contribution is -2.55. The molecule has 4 heteroatoms. The summed E-state index contributed by atoms with van der Waals surface area (Å²) in [6, 6.07) is 0.274. The quantitative estimate of drug-likeness (QED) is 0.511. The molecule has 3 nitrogen and oxygen atoms in total. The van der Waals surface area contributed by atoms with Gasteiger partial charge in [0.05, 0.1) is 6.61 Å². The molecule has 0 bridgehead atoms. The van der Waals surface area contributed by atoms with Crippen LogP contribution in [0.25, 0.3) is 0 Å². The number of esters is 1. The second-order valence-electron chi connectivity index (χ2n) is 4.76. The molecule has 0 saturated carbocycles. The molecule has 0 saturated heterocycles. The Bertz CT molecular complexity index is 221. The monoisotopic (exact) mass is 261 g/mol. The lowest BCUT2D eigenvalue weighted by atomic mass is 10.0. The molecule has 17 heavy (non-hydrogen) atoms. The van der Waals surface area contributed by atoms with Crippen LogP contribution in [0.2, 0.25) is 0 Å². The molecule has 0 aliphatic rings. The minimum Gasteiger partial charge on any atom is -0.465 e.